The van der Waals surface area contributed by atoms with Gasteiger partial charge < -0.3 is 10.1 Å². The number of alkyl halides is 3. The van der Waals surface area contributed by atoms with Crippen LogP contribution in [0.2, 0.25) is 0 Å². The van der Waals surface area contributed by atoms with Gasteiger partial charge in [0.15, 0.2) is 11.4 Å². The molecule has 1 aromatic heterocycles. The largest absolute Gasteiger partial charge is 0.435 e. The van der Waals surface area contributed by atoms with Crippen LogP contribution in [0.4, 0.5) is 17.6 Å². The third kappa shape index (κ3) is 3.83. The van der Waals surface area contributed by atoms with E-state index in [9.17, 15) is 22.4 Å². The van der Waals surface area contributed by atoms with Crippen LogP contribution in [0.1, 0.15) is 16.2 Å². The summed E-state index contributed by atoms with van der Waals surface area (Å²) in [6.45, 7) is 0.143. The Morgan fingerprint density at radius 1 is 1.39 bits per heavy atom. The van der Waals surface area contributed by atoms with Crippen LogP contribution in [0.25, 0.3) is 5.69 Å². The molecule has 6 nitrogen and oxygen atoms in total. The fourth-order valence-corrected chi connectivity index (χ4v) is 1.83. The van der Waals surface area contributed by atoms with E-state index >= 15 is 0 Å². The van der Waals surface area contributed by atoms with Gasteiger partial charge in [0, 0.05) is 13.7 Å². The summed E-state index contributed by atoms with van der Waals surface area (Å²) in [5.74, 6) is -1.78. The van der Waals surface area contributed by atoms with E-state index in [1.165, 1.54) is 19.2 Å². The molecule has 10 heteroatoms. The van der Waals surface area contributed by atoms with Gasteiger partial charge in [-0.1, -0.05) is 11.3 Å². The van der Waals surface area contributed by atoms with Gasteiger partial charge in [-0.25, -0.2) is 9.07 Å². The van der Waals surface area contributed by atoms with Crippen LogP contribution < -0.4 is 5.32 Å². The number of carbonyl (C=O) groups is 1. The van der Waals surface area contributed by atoms with E-state index in [0.717, 1.165) is 12.1 Å². The summed E-state index contributed by atoms with van der Waals surface area (Å²) in [7, 11) is 1.38. The number of halogens is 4. The Bertz CT molecular complexity index is 700. The highest BCUT2D eigenvalue weighted by atomic mass is 19.4. The summed E-state index contributed by atoms with van der Waals surface area (Å²) >= 11 is 0. The molecule has 0 spiro atoms. The predicted octanol–water partition coefficient (Wildman–Crippen LogP) is 1.80. The fourth-order valence-electron chi connectivity index (χ4n) is 1.83. The lowest BCUT2D eigenvalue weighted by Gasteiger charge is -2.11. The van der Waals surface area contributed by atoms with Gasteiger partial charge in [0.1, 0.15) is 5.82 Å². The summed E-state index contributed by atoms with van der Waals surface area (Å²) in [6, 6.07) is 4.38. The number of ether oxygens (including phenoxy) is 1. The van der Waals surface area contributed by atoms with Crippen LogP contribution in [0.3, 0.4) is 0 Å². The summed E-state index contributed by atoms with van der Waals surface area (Å²) in [6.07, 6.45) is -4.90. The molecule has 1 aromatic carbocycles. The van der Waals surface area contributed by atoms with Crippen LogP contribution in [-0.4, -0.2) is 41.2 Å². The van der Waals surface area contributed by atoms with Crippen molar-refractivity contribution in [2.45, 2.75) is 6.18 Å². The van der Waals surface area contributed by atoms with Gasteiger partial charge >= 0.3 is 6.18 Å². The second-order valence-electron chi connectivity index (χ2n) is 4.42. The number of carbonyl (C=O) groups excluding carboxylic acids is 1. The van der Waals surface area contributed by atoms with Crippen molar-refractivity contribution in [2.75, 3.05) is 20.3 Å². The lowest BCUT2D eigenvalue weighted by atomic mass is 10.2. The molecule has 0 saturated carbocycles. The maximum Gasteiger partial charge on any atom is 0.435 e. The van der Waals surface area contributed by atoms with Gasteiger partial charge in [-0.2, -0.15) is 13.2 Å². The van der Waals surface area contributed by atoms with Crippen molar-refractivity contribution in [1.82, 2.24) is 20.3 Å². The second kappa shape index (κ2) is 6.73. The van der Waals surface area contributed by atoms with Crippen molar-refractivity contribution < 1.29 is 27.1 Å². The van der Waals surface area contributed by atoms with E-state index in [2.05, 4.69) is 15.6 Å². The molecule has 0 atom stereocenters. The van der Waals surface area contributed by atoms with Crippen molar-refractivity contribution in [3.63, 3.8) is 0 Å². The van der Waals surface area contributed by atoms with Gasteiger partial charge in [-0.3, -0.25) is 4.79 Å². The summed E-state index contributed by atoms with van der Waals surface area (Å²) in [4.78, 5) is 11.8. The molecule has 2 aromatic rings. The quantitative estimate of drug-likeness (QED) is 0.670. The van der Waals surface area contributed by atoms with Crippen LogP contribution in [0.15, 0.2) is 24.3 Å². The highest BCUT2D eigenvalue weighted by Gasteiger charge is 2.42. The van der Waals surface area contributed by atoms with Crippen molar-refractivity contribution in [3.8, 4) is 5.69 Å². The third-order valence-electron chi connectivity index (χ3n) is 2.80. The number of methoxy groups -OCH3 is 1. The molecule has 2 rings (SSSR count). The molecule has 1 heterocycles. The molecule has 0 aliphatic carbocycles. The first kappa shape index (κ1) is 16.9. The Morgan fingerprint density at radius 3 is 2.74 bits per heavy atom. The van der Waals surface area contributed by atoms with Gasteiger partial charge in [-0.15, -0.1) is 5.10 Å². The Hall–Kier alpha value is -2.49. The number of nitrogens with one attached hydrogen (secondary N) is 1. The van der Waals surface area contributed by atoms with Gasteiger partial charge in [0.2, 0.25) is 0 Å². The zero-order chi connectivity index (χ0) is 17.0. The maximum atomic E-state index is 13.3. The molecule has 0 saturated heterocycles. The monoisotopic (exact) mass is 332 g/mol. The van der Waals surface area contributed by atoms with E-state index in [-0.39, 0.29) is 18.8 Å². The summed E-state index contributed by atoms with van der Waals surface area (Å²) < 4.78 is 58.1. The first-order valence-electron chi connectivity index (χ1n) is 6.40. The molecule has 1 amide bonds. The molecular formula is C13H12F4N4O2. The van der Waals surface area contributed by atoms with Gasteiger partial charge in [-0.05, 0) is 18.2 Å². The number of benzene rings is 1. The minimum Gasteiger partial charge on any atom is -0.383 e. The minimum absolute atomic E-state index is 0.0133. The highest BCUT2D eigenvalue weighted by Crippen LogP contribution is 2.32. The molecule has 0 unspecified atom stereocenters. The molecule has 0 aliphatic rings. The lowest BCUT2D eigenvalue weighted by molar-refractivity contribution is -0.143. The van der Waals surface area contributed by atoms with Crippen molar-refractivity contribution >= 4 is 5.91 Å². The average molecular weight is 332 g/mol. The molecule has 0 radical (unpaired) electrons. The average Bonchev–Trinajstić information content (AvgIpc) is 2.92. The van der Waals surface area contributed by atoms with E-state index in [4.69, 9.17) is 4.74 Å². The molecular weight excluding hydrogens is 320 g/mol. The van der Waals surface area contributed by atoms with E-state index in [1.807, 2.05) is 0 Å². The number of rotatable bonds is 5. The Labute approximate surface area is 128 Å². The standard InChI is InChI=1S/C13H12F4N4O2/c1-23-6-5-18-12(22)10-11(13(15,16)17)21(20-19-10)9-4-2-3-8(14)7-9/h2-4,7H,5-6H2,1H3,(H,18,22). The van der Waals surface area contributed by atoms with Crippen LogP contribution >= 0.6 is 0 Å². The number of hydrogen-bond donors (Lipinski definition) is 1. The number of hydrogen-bond acceptors (Lipinski definition) is 4. The zero-order valence-electron chi connectivity index (χ0n) is 11.9. The zero-order valence-corrected chi connectivity index (χ0v) is 11.9. The lowest BCUT2D eigenvalue weighted by Crippen LogP contribution is -2.29. The van der Waals surface area contributed by atoms with E-state index in [0.29, 0.717) is 4.68 Å². The number of amides is 1. The second-order valence-corrected chi connectivity index (χ2v) is 4.42. The molecule has 124 valence electrons. The molecule has 0 aliphatic heterocycles. The number of aromatic nitrogens is 3. The van der Waals surface area contributed by atoms with Gasteiger partial charge in [0.25, 0.3) is 5.91 Å². The first-order valence-corrected chi connectivity index (χ1v) is 6.40. The smallest absolute Gasteiger partial charge is 0.383 e. The third-order valence-corrected chi connectivity index (χ3v) is 2.80. The van der Waals surface area contributed by atoms with Crippen molar-refractivity contribution in [1.29, 1.82) is 0 Å². The van der Waals surface area contributed by atoms with Crippen LogP contribution in [-0.2, 0) is 10.9 Å². The Balaban J connectivity index is 2.44. The Morgan fingerprint density at radius 2 is 2.13 bits per heavy atom. The summed E-state index contributed by atoms with van der Waals surface area (Å²) in [5.41, 5.74) is -2.46. The number of nitrogens with zero attached hydrogens (tertiary/aromatic N) is 3. The van der Waals surface area contributed by atoms with Gasteiger partial charge in [0.05, 0.1) is 12.3 Å². The van der Waals surface area contributed by atoms with Crippen LogP contribution in [0, 0.1) is 5.82 Å². The SMILES string of the molecule is COCCNC(=O)c1nnn(-c2cccc(F)c2)c1C(F)(F)F. The molecule has 0 fully saturated rings. The minimum atomic E-state index is -4.90. The normalized spacial score (nSPS) is 11.5. The van der Waals surface area contributed by atoms with Crippen molar-refractivity contribution in [3.05, 3.63) is 41.5 Å². The van der Waals surface area contributed by atoms with E-state index < -0.39 is 29.3 Å². The van der Waals surface area contributed by atoms with Crippen LogP contribution in [0.5, 0.6) is 0 Å². The molecule has 23 heavy (non-hydrogen) atoms. The topological polar surface area (TPSA) is 69.0 Å². The summed E-state index contributed by atoms with van der Waals surface area (Å²) in [5, 5.41) is 8.85. The first-order chi connectivity index (χ1) is 10.8. The van der Waals surface area contributed by atoms with Crippen molar-refractivity contribution in [2.24, 2.45) is 0 Å². The molecule has 0 bridgehead atoms. The predicted molar refractivity (Wildman–Crippen MR) is 70.5 cm³/mol. The fraction of sp³-hybridized carbons (Fsp3) is 0.308. The molecule has 1 N–H and O–H groups in total. The Kier molecular flexibility index (Phi) is 4.94. The maximum absolute atomic E-state index is 13.3. The highest BCUT2D eigenvalue weighted by molar-refractivity contribution is 5.93. The van der Waals surface area contributed by atoms with E-state index in [1.54, 1.807) is 0 Å².